The van der Waals surface area contributed by atoms with Crippen LogP contribution in [0.5, 0.6) is 0 Å². The fraction of sp³-hybridized carbons (Fsp3) is 0.538. The van der Waals surface area contributed by atoms with Crippen LogP contribution in [0.15, 0.2) is 30.3 Å². The Labute approximate surface area is 92.1 Å². The van der Waals surface area contributed by atoms with Gasteiger partial charge in [-0.2, -0.15) is 0 Å². The van der Waals surface area contributed by atoms with E-state index in [-0.39, 0.29) is 0 Å². The minimum Gasteiger partial charge on any atom is -0.327 e. The molecule has 2 atom stereocenters. The monoisotopic (exact) mass is 204 g/mol. The first-order valence-electron chi connectivity index (χ1n) is 5.82. The Hall–Kier alpha value is -0.860. The van der Waals surface area contributed by atoms with Crippen LogP contribution < -0.4 is 5.73 Å². The molecular weight excluding hydrogens is 184 g/mol. The largest absolute Gasteiger partial charge is 0.327 e. The lowest BCUT2D eigenvalue weighted by Gasteiger charge is -2.35. The maximum absolute atomic E-state index is 6.00. The quantitative estimate of drug-likeness (QED) is 0.800. The van der Waals surface area contributed by atoms with Crippen LogP contribution >= 0.6 is 0 Å². The molecule has 0 radical (unpaired) electrons. The van der Waals surface area contributed by atoms with E-state index in [9.17, 15) is 0 Å². The first-order chi connectivity index (χ1) is 7.27. The second-order valence-corrected chi connectivity index (χ2v) is 4.48. The molecule has 1 aliphatic heterocycles. The van der Waals surface area contributed by atoms with Gasteiger partial charge in [0.1, 0.15) is 0 Å². The van der Waals surface area contributed by atoms with Gasteiger partial charge in [0, 0.05) is 18.6 Å². The zero-order valence-electron chi connectivity index (χ0n) is 9.39. The highest BCUT2D eigenvalue weighted by atomic mass is 15.2. The van der Waals surface area contributed by atoms with E-state index in [1.165, 1.54) is 24.9 Å². The molecule has 0 bridgehead atoms. The van der Waals surface area contributed by atoms with Crippen molar-refractivity contribution in [2.24, 2.45) is 5.73 Å². The first kappa shape index (κ1) is 10.7. The van der Waals surface area contributed by atoms with Gasteiger partial charge >= 0.3 is 0 Å². The molecule has 0 aliphatic carbocycles. The Morgan fingerprint density at radius 1 is 1.33 bits per heavy atom. The van der Waals surface area contributed by atoms with E-state index < -0.39 is 0 Å². The van der Waals surface area contributed by atoms with Crippen molar-refractivity contribution in [1.82, 2.24) is 4.90 Å². The molecule has 2 N–H and O–H groups in total. The van der Waals surface area contributed by atoms with Gasteiger partial charge in [0.05, 0.1) is 0 Å². The van der Waals surface area contributed by atoms with Gasteiger partial charge in [-0.05, 0) is 31.9 Å². The predicted octanol–water partition coefficient (Wildman–Crippen LogP) is 2.17. The maximum Gasteiger partial charge on any atom is 0.0320 e. The summed E-state index contributed by atoms with van der Waals surface area (Å²) in [4.78, 5) is 2.49. The average molecular weight is 204 g/mol. The highest BCUT2D eigenvalue weighted by Gasteiger charge is 2.21. The van der Waals surface area contributed by atoms with Crippen LogP contribution in [-0.4, -0.2) is 24.0 Å². The Morgan fingerprint density at radius 3 is 2.73 bits per heavy atom. The Kier molecular flexibility index (Phi) is 3.39. The first-order valence-corrected chi connectivity index (χ1v) is 5.82. The van der Waals surface area contributed by atoms with Crippen molar-refractivity contribution in [3.63, 3.8) is 0 Å². The number of benzene rings is 1. The zero-order chi connectivity index (χ0) is 10.7. The average Bonchev–Trinajstić information content (AvgIpc) is 2.29. The number of hydrogen-bond acceptors (Lipinski definition) is 2. The van der Waals surface area contributed by atoms with Crippen molar-refractivity contribution < 1.29 is 0 Å². The summed E-state index contributed by atoms with van der Waals surface area (Å²) in [6, 6.07) is 11.5. The molecule has 2 rings (SSSR count). The molecule has 1 unspecified atom stereocenters. The van der Waals surface area contributed by atoms with Crippen LogP contribution in [0.25, 0.3) is 0 Å². The minimum atomic E-state index is 0.366. The molecule has 1 saturated heterocycles. The molecule has 0 saturated carbocycles. The van der Waals surface area contributed by atoms with Gasteiger partial charge in [0.25, 0.3) is 0 Å². The number of hydrogen-bond donors (Lipinski definition) is 1. The lowest BCUT2D eigenvalue weighted by atomic mass is 10.0. The van der Waals surface area contributed by atoms with Crippen LogP contribution in [0.4, 0.5) is 0 Å². The number of nitrogens with two attached hydrogens (primary N) is 1. The van der Waals surface area contributed by atoms with Crippen molar-refractivity contribution in [3.05, 3.63) is 35.9 Å². The fourth-order valence-electron chi connectivity index (χ4n) is 2.33. The van der Waals surface area contributed by atoms with E-state index in [1.807, 2.05) is 0 Å². The third-order valence-corrected chi connectivity index (χ3v) is 3.32. The molecule has 2 heteroatoms. The summed E-state index contributed by atoms with van der Waals surface area (Å²) in [5.41, 5.74) is 7.39. The minimum absolute atomic E-state index is 0.366. The van der Waals surface area contributed by atoms with Gasteiger partial charge in [-0.15, -0.1) is 0 Å². The van der Waals surface area contributed by atoms with Crippen LogP contribution in [0.1, 0.15) is 31.4 Å². The van der Waals surface area contributed by atoms with Gasteiger partial charge in [0.2, 0.25) is 0 Å². The van der Waals surface area contributed by atoms with E-state index in [4.69, 9.17) is 5.73 Å². The summed E-state index contributed by atoms with van der Waals surface area (Å²) in [5.74, 6) is 0. The van der Waals surface area contributed by atoms with Crippen LogP contribution in [-0.2, 0) is 0 Å². The van der Waals surface area contributed by atoms with E-state index >= 15 is 0 Å². The van der Waals surface area contributed by atoms with Gasteiger partial charge in [0.15, 0.2) is 0 Å². The lowest BCUT2D eigenvalue weighted by Crippen LogP contribution is -2.43. The third-order valence-electron chi connectivity index (χ3n) is 3.32. The number of nitrogens with zero attached hydrogens (tertiary/aromatic N) is 1. The fourth-order valence-corrected chi connectivity index (χ4v) is 2.33. The van der Waals surface area contributed by atoms with Gasteiger partial charge in [-0.3, -0.25) is 4.90 Å². The molecular formula is C13H20N2. The highest BCUT2D eigenvalue weighted by molar-refractivity contribution is 5.18. The number of rotatable bonds is 2. The van der Waals surface area contributed by atoms with E-state index in [2.05, 4.69) is 42.2 Å². The summed E-state index contributed by atoms with van der Waals surface area (Å²) in [5, 5.41) is 0. The van der Waals surface area contributed by atoms with Crippen molar-refractivity contribution in [1.29, 1.82) is 0 Å². The molecule has 1 fully saturated rings. The van der Waals surface area contributed by atoms with Gasteiger partial charge < -0.3 is 5.73 Å². The molecule has 1 aliphatic rings. The Morgan fingerprint density at radius 2 is 2.07 bits per heavy atom. The molecule has 0 amide bonds. The van der Waals surface area contributed by atoms with E-state index in [0.717, 1.165) is 6.54 Å². The van der Waals surface area contributed by atoms with E-state index in [1.54, 1.807) is 0 Å². The normalized spacial score (nSPS) is 25.1. The second kappa shape index (κ2) is 4.77. The van der Waals surface area contributed by atoms with Crippen LogP contribution in [0.2, 0.25) is 0 Å². The Balaban J connectivity index is 2.04. The second-order valence-electron chi connectivity index (χ2n) is 4.48. The van der Waals surface area contributed by atoms with Crippen molar-refractivity contribution in [2.75, 3.05) is 13.1 Å². The summed E-state index contributed by atoms with van der Waals surface area (Å²) in [7, 11) is 0. The Bertz CT molecular complexity index is 297. The van der Waals surface area contributed by atoms with Crippen LogP contribution in [0.3, 0.4) is 0 Å². The van der Waals surface area contributed by atoms with Gasteiger partial charge in [-0.25, -0.2) is 0 Å². The van der Waals surface area contributed by atoms with Crippen molar-refractivity contribution in [2.45, 2.75) is 31.8 Å². The number of piperidine rings is 1. The summed E-state index contributed by atoms with van der Waals surface area (Å²) in [6.07, 6.45) is 2.41. The third kappa shape index (κ3) is 2.58. The standard InChI is InChI=1S/C13H20N2/c1-11(12-6-3-2-4-7-12)15-9-5-8-13(14)10-15/h2-4,6-7,11,13H,5,8-10,14H2,1H3/t11?,13-/m0/s1. The van der Waals surface area contributed by atoms with Crippen molar-refractivity contribution in [3.8, 4) is 0 Å². The smallest absolute Gasteiger partial charge is 0.0320 e. The maximum atomic E-state index is 6.00. The topological polar surface area (TPSA) is 29.3 Å². The molecule has 2 nitrogen and oxygen atoms in total. The molecule has 1 aromatic rings. The lowest BCUT2D eigenvalue weighted by molar-refractivity contribution is 0.159. The number of likely N-dealkylation sites (tertiary alicyclic amines) is 1. The molecule has 0 aromatic heterocycles. The van der Waals surface area contributed by atoms with Gasteiger partial charge in [-0.1, -0.05) is 30.3 Å². The molecule has 1 heterocycles. The molecule has 1 aromatic carbocycles. The summed E-state index contributed by atoms with van der Waals surface area (Å²) >= 11 is 0. The molecule has 82 valence electrons. The summed E-state index contributed by atoms with van der Waals surface area (Å²) < 4.78 is 0. The zero-order valence-corrected chi connectivity index (χ0v) is 9.39. The molecule has 15 heavy (non-hydrogen) atoms. The van der Waals surface area contributed by atoms with Crippen LogP contribution in [0, 0.1) is 0 Å². The highest BCUT2D eigenvalue weighted by Crippen LogP contribution is 2.23. The van der Waals surface area contributed by atoms with E-state index in [0.29, 0.717) is 12.1 Å². The molecule has 0 spiro atoms. The summed E-state index contributed by atoms with van der Waals surface area (Å²) in [6.45, 7) is 4.49. The SMILES string of the molecule is CC(c1ccccc1)N1CCC[C@H](N)C1. The van der Waals surface area contributed by atoms with Crippen molar-refractivity contribution >= 4 is 0 Å². The predicted molar refractivity (Wildman–Crippen MR) is 63.6 cm³/mol.